The van der Waals surface area contributed by atoms with Gasteiger partial charge in [0, 0.05) is 19.8 Å². The molecular weight excluding hydrogens is 260 g/mol. The first-order chi connectivity index (χ1) is 9.99. The zero-order chi connectivity index (χ0) is 15.4. The minimum atomic E-state index is -0.373. The summed E-state index contributed by atoms with van der Waals surface area (Å²) in [6.07, 6.45) is 0. The molecule has 0 saturated heterocycles. The second-order valence-corrected chi connectivity index (χ2v) is 5.54. The standard InChI is InChI=1S/C18H22N2O/c1-13-10-11-14(2)16(12-13)19-17(18(21)20(3)4)15-8-6-5-7-9-15/h5-12,17,19H,1-4H3. The Morgan fingerprint density at radius 3 is 2.33 bits per heavy atom. The number of carbonyl (C=O) groups excluding carboxylic acids is 1. The number of hydrogen-bond donors (Lipinski definition) is 1. The summed E-state index contributed by atoms with van der Waals surface area (Å²) in [4.78, 5) is 14.1. The Morgan fingerprint density at radius 1 is 1.05 bits per heavy atom. The summed E-state index contributed by atoms with van der Waals surface area (Å²) in [7, 11) is 3.56. The number of likely N-dealkylation sites (N-methyl/N-ethyl adjacent to an activating group) is 1. The maximum Gasteiger partial charge on any atom is 0.249 e. The van der Waals surface area contributed by atoms with E-state index in [-0.39, 0.29) is 11.9 Å². The van der Waals surface area contributed by atoms with E-state index < -0.39 is 0 Å². The van der Waals surface area contributed by atoms with Crippen molar-refractivity contribution >= 4 is 11.6 Å². The molecular formula is C18H22N2O. The Morgan fingerprint density at radius 2 is 1.71 bits per heavy atom. The van der Waals surface area contributed by atoms with Gasteiger partial charge in [0.15, 0.2) is 0 Å². The lowest BCUT2D eigenvalue weighted by Crippen LogP contribution is -2.32. The number of nitrogens with one attached hydrogen (secondary N) is 1. The molecule has 0 aliphatic rings. The van der Waals surface area contributed by atoms with Crippen LogP contribution in [0.1, 0.15) is 22.7 Å². The van der Waals surface area contributed by atoms with E-state index in [1.807, 2.05) is 37.3 Å². The fourth-order valence-corrected chi connectivity index (χ4v) is 2.24. The molecule has 0 fully saturated rings. The highest BCUT2D eigenvalue weighted by Crippen LogP contribution is 2.24. The zero-order valence-corrected chi connectivity index (χ0v) is 13.1. The maximum atomic E-state index is 12.5. The summed E-state index contributed by atoms with van der Waals surface area (Å²) < 4.78 is 0. The molecule has 1 atom stereocenters. The number of anilines is 1. The third-order valence-corrected chi connectivity index (χ3v) is 3.51. The normalized spacial score (nSPS) is 11.8. The molecule has 0 aliphatic carbocycles. The summed E-state index contributed by atoms with van der Waals surface area (Å²) >= 11 is 0. The second kappa shape index (κ2) is 6.44. The number of benzene rings is 2. The maximum absolute atomic E-state index is 12.5. The summed E-state index contributed by atoms with van der Waals surface area (Å²) in [5.74, 6) is 0.0436. The van der Waals surface area contributed by atoms with Crippen LogP contribution in [0.15, 0.2) is 48.5 Å². The third kappa shape index (κ3) is 3.63. The topological polar surface area (TPSA) is 32.3 Å². The molecule has 2 aromatic carbocycles. The van der Waals surface area contributed by atoms with Crippen LogP contribution in [0.2, 0.25) is 0 Å². The molecule has 2 rings (SSSR count). The molecule has 1 N–H and O–H groups in total. The summed E-state index contributed by atoms with van der Waals surface area (Å²) in [6, 6.07) is 15.7. The van der Waals surface area contributed by atoms with Gasteiger partial charge in [-0.1, -0.05) is 42.5 Å². The van der Waals surface area contributed by atoms with Gasteiger partial charge in [0.1, 0.15) is 6.04 Å². The molecule has 0 heterocycles. The molecule has 0 radical (unpaired) electrons. The van der Waals surface area contributed by atoms with E-state index in [9.17, 15) is 4.79 Å². The van der Waals surface area contributed by atoms with Crippen molar-refractivity contribution in [2.24, 2.45) is 0 Å². The fraction of sp³-hybridized carbons (Fsp3) is 0.278. The van der Waals surface area contributed by atoms with Gasteiger partial charge in [-0.25, -0.2) is 0 Å². The van der Waals surface area contributed by atoms with Crippen molar-refractivity contribution in [1.29, 1.82) is 0 Å². The van der Waals surface area contributed by atoms with Crippen LogP contribution in [0.25, 0.3) is 0 Å². The van der Waals surface area contributed by atoms with E-state index in [2.05, 4.69) is 30.4 Å². The summed E-state index contributed by atoms with van der Waals surface area (Å²) in [5.41, 5.74) is 4.27. The van der Waals surface area contributed by atoms with E-state index in [1.54, 1.807) is 19.0 Å². The lowest BCUT2D eigenvalue weighted by molar-refractivity contribution is -0.129. The van der Waals surface area contributed by atoms with Gasteiger partial charge in [-0.05, 0) is 36.6 Å². The predicted octanol–water partition coefficient (Wildman–Crippen LogP) is 3.54. The van der Waals surface area contributed by atoms with Gasteiger partial charge in [-0.2, -0.15) is 0 Å². The first-order valence-corrected chi connectivity index (χ1v) is 7.09. The molecule has 0 aliphatic heterocycles. The quantitative estimate of drug-likeness (QED) is 0.930. The third-order valence-electron chi connectivity index (χ3n) is 3.51. The number of carbonyl (C=O) groups is 1. The predicted molar refractivity (Wildman–Crippen MR) is 87.4 cm³/mol. The number of hydrogen-bond acceptors (Lipinski definition) is 2. The molecule has 1 unspecified atom stereocenters. The van der Waals surface area contributed by atoms with Gasteiger partial charge in [0.05, 0.1) is 0 Å². The van der Waals surface area contributed by atoms with Crippen LogP contribution in [0, 0.1) is 13.8 Å². The number of amides is 1. The van der Waals surface area contributed by atoms with Gasteiger partial charge in [-0.3, -0.25) is 4.79 Å². The average molecular weight is 282 g/mol. The fourth-order valence-electron chi connectivity index (χ4n) is 2.24. The van der Waals surface area contributed by atoms with E-state index in [0.717, 1.165) is 16.8 Å². The molecule has 21 heavy (non-hydrogen) atoms. The molecule has 2 aromatic rings. The molecule has 3 nitrogen and oxygen atoms in total. The van der Waals surface area contributed by atoms with Crippen LogP contribution in [0.3, 0.4) is 0 Å². The van der Waals surface area contributed by atoms with Crippen LogP contribution in [-0.4, -0.2) is 24.9 Å². The van der Waals surface area contributed by atoms with Crippen molar-refractivity contribution in [2.45, 2.75) is 19.9 Å². The van der Waals surface area contributed by atoms with Gasteiger partial charge in [0.2, 0.25) is 5.91 Å². The minimum absolute atomic E-state index is 0.0436. The van der Waals surface area contributed by atoms with Crippen molar-refractivity contribution < 1.29 is 4.79 Å². The Labute approximate surface area is 126 Å². The lowest BCUT2D eigenvalue weighted by atomic mass is 10.0. The van der Waals surface area contributed by atoms with Crippen LogP contribution in [-0.2, 0) is 4.79 Å². The SMILES string of the molecule is Cc1ccc(C)c(NC(C(=O)N(C)C)c2ccccc2)c1. The molecule has 0 aromatic heterocycles. The Hall–Kier alpha value is -2.29. The highest BCUT2D eigenvalue weighted by molar-refractivity contribution is 5.86. The van der Waals surface area contributed by atoms with Crippen LogP contribution >= 0.6 is 0 Å². The molecule has 0 bridgehead atoms. The highest BCUT2D eigenvalue weighted by atomic mass is 16.2. The van der Waals surface area contributed by atoms with Crippen LogP contribution in [0.4, 0.5) is 5.69 Å². The molecule has 0 spiro atoms. The first kappa shape index (κ1) is 15.1. The molecule has 0 saturated carbocycles. The number of nitrogens with zero attached hydrogens (tertiary/aromatic N) is 1. The second-order valence-electron chi connectivity index (χ2n) is 5.54. The monoisotopic (exact) mass is 282 g/mol. The number of aryl methyl sites for hydroxylation is 2. The average Bonchev–Trinajstić information content (AvgIpc) is 2.48. The van der Waals surface area contributed by atoms with Gasteiger partial charge in [0.25, 0.3) is 0 Å². The van der Waals surface area contributed by atoms with E-state index in [1.165, 1.54) is 5.56 Å². The van der Waals surface area contributed by atoms with Crippen molar-refractivity contribution in [3.8, 4) is 0 Å². The van der Waals surface area contributed by atoms with Crippen LogP contribution in [0.5, 0.6) is 0 Å². The van der Waals surface area contributed by atoms with E-state index >= 15 is 0 Å². The Bertz CT molecular complexity index is 620. The van der Waals surface area contributed by atoms with E-state index in [0.29, 0.717) is 0 Å². The number of rotatable bonds is 4. The lowest BCUT2D eigenvalue weighted by Gasteiger charge is -2.24. The smallest absolute Gasteiger partial charge is 0.249 e. The molecule has 3 heteroatoms. The summed E-state index contributed by atoms with van der Waals surface area (Å²) in [6.45, 7) is 4.10. The van der Waals surface area contributed by atoms with Gasteiger partial charge < -0.3 is 10.2 Å². The molecule has 1 amide bonds. The van der Waals surface area contributed by atoms with Crippen molar-refractivity contribution in [2.75, 3.05) is 19.4 Å². The van der Waals surface area contributed by atoms with Crippen molar-refractivity contribution in [1.82, 2.24) is 4.90 Å². The zero-order valence-electron chi connectivity index (χ0n) is 13.1. The van der Waals surface area contributed by atoms with Crippen molar-refractivity contribution in [3.05, 3.63) is 65.2 Å². The Kier molecular flexibility index (Phi) is 4.63. The van der Waals surface area contributed by atoms with E-state index in [4.69, 9.17) is 0 Å². The largest absolute Gasteiger partial charge is 0.370 e. The Balaban J connectivity index is 2.37. The first-order valence-electron chi connectivity index (χ1n) is 7.09. The van der Waals surface area contributed by atoms with Gasteiger partial charge in [-0.15, -0.1) is 0 Å². The van der Waals surface area contributed by atoms with Crippen molar-refractivity contribution in [3.63, 3.8) is 0 Å². The van der Waals surface area contributed by atoms with Crippen LogP contribution < -0.4 is 5.32 Å². The minimum Gasteiger partial charge on any atom is -0.370 e. The highest BCUT2D eigenvalue weighted by Gasteiger charge is 2.22. The summed E-state index contributed by atoms with van der Waals surface area (Å²) in [5, 5.41) is 3.39. The molecule has 110 valence electrons. The van der Waals surface area contributed by atoms with Gasteiger partial charge >= 0.3 is 0 Å².